The fourth-order valence-electron chi connectivity index (χ4n) is 1.85. The van der Waals surface area contributed by atoms with Gasteiger partial charge < -0.3 is 0 Å². The Morgan fingerprint density at radius 2 is 2.15 bits per heavy atom. The maximum absolute atomic E-state index is 3.75. The molecule has 66 valence electrons. The molecule has 0 N–H and O–H groups in total. The highest BCUT2D eigenvalue weighted by atomic mass is 14.2. The van der Waals surface area contributed by atoms with Crippen molar-refractivity contribution in [2.24, 2.45) is 5.92 Å². The molecular weight excluding hydrogens is 156 g/mol. The normalized spacial score (nSPS) is 23.8. The Hall–Kier alpha value is -1.30. The summed E-state index contributed by atoms with van der Waals surface area (Å²) < 4.78 is 0. The van der Waals surface area contributed by atoms with Gasteiger partial charge in [-0.1, -0.05) is 42.5 Å². The van der Waals surface area contributed by atoms with Gasteiger partial charge in [0.25, 0.3) is 0 Å². The molecule has 2 rings (SSSR count). The van der Waals surface area contributed by atoms with E-state index in [1.54, 1.807) is 0 Å². The molecule has 0 amide bonds. The lowest BCUT2D eigenvalue weighted by molar-refractivity contribution is 0.959. The first kappa shape index (κ1) is 8.31. The molecule has 1 unspecified atom stereocenters. The quantitative estimate of drug-likeness (QED) is 0.568. The van der Waals surface area contributed by atoms with Crippen LogP contribution in [0, 0.1) is 5.92 Å². The minimum absolute atomic E-state index is 0.546. The van der Waals surface area contributed by atoms with Gasteiger partial charge in [0.2, 0.25) is 0 Å². The molecule has 0 heterocycles. The lowest BCUT2D eigenvalue weighted by Gasteiger charge is -2.10. The maximum atomic E-state index is 3.75. The van der Waals surface area contributed by atoms with Gasteiger partial charge in [-0.15, -0.1) is 6.58 Å². The Bertz CT molecular complexity index is 324. The van der Waals surface area contributed by atoms with Gasteiger partial charge in [-0.25, -0.2) is 0 Å². The maximum Gasteiger partial charge on any atom is 0.0207 e. The van der Waals surface area contributed by atoms with Crippen LogP contribution in [0.25, 0.3) is 0 Å². The van der Waals surface area contributed by atoms with E-state index in [0.717, 1.165) is 12.8 Å². The summed E-state index contributed by atoms with van der Waals surface area (Å²) in [6.07, 6.45) is 17.4. The molecule has 0 fully saturated rings. The van der Waals surface area contributed by atoms with Crippen LogP contribution in [0.15, 0.2) is 60.3 Å². The van der Waals surface area contributed by atoms with Gasteiger partial charge in [-0.05, 0) is 24.0 Å². The highest BCUT2D eigenvalue weighted by molar-refractivity contribution is 5.48. The van der Waals surface area contributed by atoms with E-state index in [2.05, 4.69) is 43.0 Å². The number of rotatable bonds is 3. The Morgan fingerprint density at radius 3 is 3.00 bits per heavy atom. The molecule has 2 aliphatic rings. The molecule has 2 aliphatic carbocycles. The summed E-state index contributed by atoms with van der Waals surface area (Å²) in [5.41, 5.74) is 2.95. The number of fused-ring (bicyclic) bond motifs is 1. The second-order valence-corrected chi connectivity index (χ2v) is 3.44. The SMILES string of the molecule is C=CCCC1=C2C=CC=CC2C=C1. The van der Waals surface area contributed by atoms with E-state index in [-0.39, 0.29) is 0 Å². The van der Waals surface area contributed by atoms with E-state index in [9.17, 15) is 0 Å². The zero-order valence-corrected chi connectivity index (χ0v) is 7.74. The Balaban J connectivity index is 2.18. The van der Waals surface area contributed by atoms with Gasteiger partial charge in [0.05, 0.1) is 0 Å². The third-order valence-corrected chi connectivity index (χ3v) is 2.56. The summed E-state index contributed by atoms with van der Waals surface area (Å²) in [6.45, 7) is 3.75. The van der Waals surface area contributed by atoms with Crippen LogP contribution < -0.4 is 0 Å². The standard InChI is InChI=1S/C13H14/c1-2-3-6-11-9-10-12-7-4-5-8-13(11)12/h2,4-5,7-10,12H,1,3,6H2. The lowest BCUT2D eigenvalue weighted by atomic mass is 9.95. The average molecular weight is 170 g/mol. The first-order valence-corrected chi connectivity index (χ1v) is 4.79. The summed E-state index contributed by atoms with van der Waals surface area (Å²) in [5, 5.41) is 0. The largest absolute Gasteiger partial charge is 0.103 e. The molecule has 0 heteroatoms. The zero-order chi connectivity index (χ0) is 9.10. The van der Waals surface area contributed by atoms with E-state index >= 15 is 0 Å². The van der Waals surface area contributed by atoms with Crippen LogP contribution in [0.2, 0.25) is 0 Å². The summed E-state index contributed by atoms with van der Waals surface area (Å²) in [6, 6.07) is 0. The van der Waals surface area contributed by atoms with Crippen LogP contribution >= 0.6 is 0 Å². The van der Waals surface area contributed by atoms with E-state index in [1.807, 2.05) is 6.08 Å². The van der Waals surface area contributed by atoms with E-state index in [1.165, 1.54) is 11.1 Å². The topological polar surface area (TPSA) is 0 Å². The second kappa shape index (κ2) is 3.61. The van der Waals surface area contributed by atoms with Crippen molar-refractivity contribution in [3.8, 4) is 0 Å². The van der Waals surface area contributed by atoms with E-state index in [4.69, 9.17) is 0 Å². The fourth-order valence-corrected chi connectivity index (χ4v) is 1.85. The number of allylic oxidation sites excluding steroid dienone is 9. The molecule has 0 radical (unpaired) electrons. The first-order valence-electron chi connectivity index (χ1n) is 4.79. The highest BCUT2D eigenvalue weighted by Crippen LogP contribution is 2.32. The molecular formula is C13H14. The molecule has 0 bridgehead atoms. The molecule has 0 aromatic heterocycles. The summed E-state index contributed by atoms with van der Waals surface area (Å²) in [7, 11) is 0. The molecule has 0 saturated heterocycles. The van der Waals surface area contributed by atoms with E-state index < -0.39 is 0 Å². The first-order chi connectivity index (χ1) is 6.42. The average Bonchev–Trinajstić information content (AvgIpc) is 2.58. The zero-order valence-electron chi connectivity index (χ0n) is 7.74. The minimum atomic E-state index is 0.546. The van der Waals surface area contributed by atoms with Crippen molar-refractivity contribution >= 4 is 0 Å². The van der Waals surface area contributed by atoms with Crippen molar-refractivity contribution in [2.45, 2.75) is 12.8 Å². The van der Waals surface area contributed by atoms with Crippen LogP contribution in [-0.2, 0) is 0 Å². The molecule has 0 aliphatic heterocycles. The van der Waals surface area contributed by atoms with Crippen LogP contribution in [0.3, 0.4) is 0 Å². The Morgan fingerprint density at radius 1 is 1.23 bits per heavy atom. The van der Waals surface area contributed by atoms with Crippen LogP contribution in [0.5, 0.6) is 0 Å². The molecule has 1 atom stereocenters. The highest BCUT2D eigenvalue weighted by Gasteiger charge is 2.16. The third-order valence-electron chi connectivity index (χ3n) is 2.56. The van der Waals surface area contributed by atoms with E-state index in [0.29, 0.717) is 5.92 Å². The Labute approximate surface area is 79.7 Å². The van der Waals surface area contributed by atoms with Gasteiger partial charge in [0, 0.05) is 5.92 Å². The van der Waals surface area contributed by atoms with Crippen LogP contribution in [-0.4, -0.2) is 0 Å². The summed E-state index contributed by atoms with van der Waals surface area (Å²) in [5.74, 6) is 0.546. The van der Waals surface area contributed by atoms with Gasteiger partial charge >= 0.3 is 0 Å². The smallest absolute Gasteiger partial charge is 0.0207 e. The van der Waals surface area contributed by atoms with Gasteiger partial charge in [-0.3, -0.25) is 0 Å². The molecule has 13 heavy (non-hydrogen) atoms. The van der Waals surface area contributed by atoms with Gasteiger partial charge in [-0.2, -0.15) is 0 Å². The molecule has 0 aromatic rings. The van der Waals surface area contributed by atoms with Crippen molar-refractivity contribution in [3.05, 3.63) is 60.3 Å². The van der Waals surface area contributed by atoms with Crippen molar-refractivity contribution in [1.82, 2.24) is 0 Å². The monoisotopic (exact) mass is 170 g/mol. The van der Waals surface area contributed by atoms with Crippen molar-refractivity contribution in [3.63, 3.8) is 0 Å². The molecule has 0 aromatic carbocycles. The van der Waals surface area contributed by atoms with Gasteiger partial charge in [0.1, 0.15) is 0 Å². The fraction of sp³-hybridized carbons (Fsp3) is 0.231. The summed E-state index contributed by atoms with van der Waals surface area (Å²) in [4.78, 5) is 0. The van der Waals surface area contributed by atoms with Crippen molar-refractivity contribution in [1.29, 1.82) is 0 Å². The summed E-state index contributed by atoms with van der Waals surface area (Å²) >= 11 is 0. The van der Waals surface area contributed by atoms with Crippen molar-refractivity contribution < 1.29 is 0 Å². The molecule has 0 spiro atoms. The van der Waals surface area contributed by atoms with Crippen LogP contribution in [0.1, 0.15) is 12.8 Å². The third kappa shape index (κ3) is 1.57. The number of hydrogen-bond donors (Lipinski definition) is 0. The lowest BCUT2D eigenvalue weighted by Crippen LogP contribution is -1.95. The number of hydrogen-bond acceptors (Lipinski definition) is 0. The van der Waals surface area contributed by atoms with Crippen LogP contribution in [0.4, 0.5) is 0 Å². The predicted molar refractivity (Wildman–Crippen MR) is 57.4 cm³/mol. The van der Waals surface area contributed by atoms with Gasteiger partial charge in [0.15, 0.2) is 0 Å². The molecule has 0 saturated carbocycles. The van der Waals surface area contributed by atoms with Crippen molar-refractivity contribution in [2.75, 3.05) is 0 Å². The molecule has 0 nitrogen and oxygen atoms in total. The predicted octanol–water partition coefficient (Wildman–Crippen LogP) is 3.56. The minimum Gasteiger partial charge on any atom is -0.103 e. The second-order valence-electron chi connectivity index (χ2n) is 3.44. The Kier molecular flexibility index (Phi) is 2.31.